The summed E-state index contributed by atoms with van der Waals surface area (Å²) in [6, 6.07) is 3.34. The lowest BCUT2D eigenvalue weighted by molar-refractivity contribution is 0.133. The van der Waals surface area contributed by atoms with E-state index in [-0.39, 0.29) is 6.04 Å². The van der Waals surface area contributed by atoms with Crippen molar-refractivity contribution in [3.05, 3.63) is 17.0 Å². The SMILES string of the molecule is CCCNCCc1ccc(S(=O)(=O)NC(C)COCC)s1. The van der Waals surface area contributed by atoms with Crippen LogP contribution in [0.4, 0.5) is 0 Å². The Labute approximate surface area is 132 Å². The lowest BCUT2D eigenvalue weighted by Crippen LogP contribution is -2.35. The van der Waals surface area contributed by atoms with E-state index in [1.807, 2.05) is 13.0 Å². The van der Waals surface area contributed by atoms with Crippen LogP contribution in [0.2, 0.25) is 0 Å². The maximum absolute atomic E-state index is 12.2. The lowest BCUT2D eigenvalue weighted by Gasteiger charge is -2.12. The molecule has 0 aromatic carbocycles. The van der Waals surface area contributed by atoms with Crippen molar-refractivity contribution in [1.82, 2.24) is 10.0 Å². The topological polar surface area (TPSA) is 67.4 Å². The molecule has 0 aliphatic carbocycles. The lowest BCUT2D eigenvalue weighted by atomic mass is 10.3. The van der Waals surface area contributed by atoms with Gasteiger partial charge in [-0.25, -0.2) is 13.1 Å². The number of sulfonamides is 1. The van der Waals surface area contributed by atoms with Gasteiger partial charge in [-0.3, -0.25) is 0 Å². The van der Waals surface area contributed by atoms with Gasteiger partial charge in [0, 0.05) is 17.5 Å². The molecule has 0 spiro atoms. The highest BCUT2D eigenvalue weighted by Crippen LogP contribution is 2.22. The average Bonchev–Trinajstić information content (AvgIpc) is 2.90. The molecule has 5 nitrogen and oxygen atoms in total. The quantitative estimate of drug-likeness (QED) is 0.607. The van der Waals surface area contributed by atoms with Crippen LogP contribution in [-0.4, -0.2) is 40.8 Å². The number of hydrogen-bond donors (Lipinski definition) is 2. The Morgan fingerprint density at radius 2 is 2.05 bits per heavy atom. The highest BCUT2D eigenvalue weighted by molar-refractivity contribution is 7.91. The molecule has 0 saturated heterocycles. The van der Waals surface area contributed by atoms with Crippen molar-refractivity contribution in [2.75, 3.05) is 26.3 Å². The van der Waals surface area contributed by atoms with Crippen molar-refractivity contribution in [2.45, 2.75) is 43.9 Å². The fourth-order valence-electron chi connectivity index (χ4n) is 1.80. The van der Waals surface area contributed by atoms with Gasteiger partial charge in [0.2, 0.25) is 10.0 Å². The number of rotatable bonds is 11. The zero-order valence-corrected chi connectivity index (χ0v) is 14.6. The molecule has 0 fully saturated rings. The van der Waals surface area contributed by atoms with Gasteiger partial charge in [0.25, 0.3) is 0 Å². The minimum absolute atomic E-state index is 0.230. The van der Waals surface area contributed by atoms with Gasteiger partial charge in [-0.15, -0.1) is 11.3 Å². The second-order valence-electron chi connectivity index (χ2n) is 4.90. The summed E-state index contributed by atoms with van der Waals surface area (Å²) >= 11 is 1.33. The van der Waals surface area contributed by atoms with Gasteiger partial charge in [-0.1, -0.05) is 6.92 Å². The van der Waals surface area contributed by atoms with Gasteiger partial charge >= 0.3 is 0 Å². The molecular formula is C14H26N2O3S2. The Morgan fingerprint density at radius 3 is 2.71 bits per heavy atom. The second-order valence-corrected chi connectivity index (χ2v) is 8.01. The number of nitrogens with one attached hydrogen (secondary N) is 2. The monoisotopic (exact) mass is 334 g/mol. The first-order valence-electron chi connectivity index (χ1n) is 7.39. The summed E-state index contributed by atoms with van der Waals surface area (Å²) in [5.74, 6) is 0. The fraction of sp³-hybridized carbons (Fsp3) is 0.714. The Morgan fingerprint density at radius 1 is 1.29 bits per heavy atom. The second kappa shape index (κ2) is 9.53. The summed E-state index contributed by atoms with van der Waals surface area (Å²) in [6.07, 6.45) is 1.96. The summed E-state index contributed by atoms with van der Waals surface area (Å²) in [4.78, 5) is 1.08. The van der Waals surface area contributed by atoms with Gasteiger partial charge in [-0.05, 0) is 51.9 Å². The molecule has 7 heteroatoms. The van der Waals surface area contributed by atoms with Gasteiger partial charge in [0.05, 0.1) is 6.61 Å². The number of ether oxygens (including phenoxy) is 1. The van der Waals surface area contributed by atoms with E-state index in [9.17, 15) is 8.42 Å². The minimum atomic E-state index is -3.44. The maximum Gasteiger partial charge on any atom is 0.250 e. The smallest absolute Gasteiger partial charge is 0.250 e. The molecule has 2 N–H and O–H groups in total. The number of hydrogen-bond acceptors (Lipinski definition) is 5. The molecule has 122 valence electrons. The Bertz CT molecular complexity index is 500. The van der Waals surface area contributed by atoms with E-state index >= 15 is 0 Å². The van der Waals surface area contributed by atoms with Crippen molar-refractivity contribution in [1.29, 1.82) is 0 Å². The van der Waals surface area contributed by atoms with Crippen LogP contribution in [0.5, 0.6) is 0 Å². The van der Waals surface area contributed by atoms with E-state index in [2.05, 4.69) is 17.0 Å². The summed E-state index contributed by atoms with van der Waals surface area (Å²) in [7, 11) is -3.44. The standard InChI is InChI=1S/C14H26N2O3S2/c1-4-9-15-10-8-13-6-7-14(20-13)21(17,18)16-12(3)11-19-5-2/h6-7,12,15-16H,4-5,8-11H2,1-3H3. The maximum atomic E-state index is 12.2. The predicted molar refractivity (Wildman–Crippen MR) is 87.5 cm³/mol. The normalized spacial score (nSPS) is 13.5. The third kappa shape index (κ3) is 6.88. The number of thiophene rings is 1. The molecule has 1 aromatic rings. The largest absolute Gasteiger partial charge is 0.380 e. The van der Waals surface area contributed by atoms with Gasteiger partial charge < -0.3 is 10.1 Å². The van der Waals surface area contributed by atoms with E-state index in [4.69, 9.17) is 4.74 Å². The molecule has 0 aliphatic heterocycles. The third-order valence-electron chi connectivity index (χ3n) is 2.81. The molecule has 0 bridgehead atoms. The van der Waals surface area contributed by atoms with Gasteiger partial charge in [0.15, 0.2) is 0 Å². The van der Waals surface area contributed by atoms with Crippen molar-refractivity contribution in [3.63, 3.8) is 0 Å². The van der Waals surface area contributed by atoms with Crippen LogP contribution in [0.3, 0.4) is 0 Å². The molecule has 1 heterocycles. The Kier molecular flexibility index (Phi) is 8.43. The van der Waals surface area contributed by atoms with Crippen LogP contribution in [-0.2, 0) is 21.2 Å². The highest BCUT2D eigenvalue weighted by atomic mass is 32.2. The van der Waals surface area contributed by atoms with Crippen molar-refractivity contribution in [3.8, 4) is 0 Å². The van der Waals surface area contributed by atoms with E-state index in [0.717, 1.165) is 30.8 Å². The van der Waals surface area contributed by atoms with E-state index in [0.29, 0.717) is 17.4 Å². The van der Waals surface area contributed by atoms with Crippen molar-refractivity contribution >= 4 is 21.4 Å². The molecule has 1 atom stereocenters. The zero-order valence-electron chi connectivity index (χ0n) is 13.0. The first kappa shape index (κ1) is 18.6. The van der Waals surface area contributed by atoms with Crippen LogP contribution in [0.25, 0.3) is 0 Å². The van der Waals surface area contributed by atoms with Gasteiger partial charge in [0.1, 0.15) is 4.21 Å². The summed E-state index contributed by atoms with van der Waals surface area (Å²) in [5, 5.41) is 3.31. The van der Waals surface area contributed by atoms with Crippen LogP contribution in [0.1, 0.15) is 32.1 Å². The predicted octanol–water partition coefficient (Wildman–Crippen LogP) is 1.99. The van der Waals surface area contributed by atoms with Crippen LogP contribution in [0, 0.1) is 0 Å². The van der Waals surface area contributed by atoms with Gasteiger partial charge in [-0.2, -0.15) is 0 Å². The van der Waals surface area contributed by atoms with Crippen LogP contribution in [0.15, 0.2) is 16.3 Å². The van der Waals surface area contributed by atoms with Crippen molar-refractivity contribution < 1.29 is 13.2 Å². The van der Waals surface area contributed by atoms with E-state index in [1.165, 1.54) is 11.3 Å². The Balaban J connectivity index is 2.53. The van der Waals surface area contributed by atoms with Crippen LogP contribution >= 0.6 is 11.3 Å². The first-order valence-corrected chi connectivity index (χ1v) is 9.69. The Hall–Kier alpha value is -0.470. The third-order valence-corrected chi connectivity index (χ3v) is 6.03. The molecule has 1 unspecified atom stereocenters. The average molecular weight is 335 g/mol. The first-order chi connectivity index (χ1) is 9.99. The molecule has 0 radical (unpaired) electrons. The van der Waals surface area contributed by atoms with Crippen LogP contribution < -0.4 is 10.0 Å². The molecular weight excluding hydrogens is 308 g/mol. The molecule has 1 aromatic heterocycles. The molecule has 0 saturated carbocycles. The van der Waals surface area contributed by atoms with Crippen molar-refractivity contribution in [2.24, 2.45) is 0 Å². The molecule has 1 rings (SSSR count). The van der Waals surface area contributed by atoms with E-state index in [1.54, 1.807) is 13.0 Å². The van der Waals surface area contributed by atoms with E-state index < -0.39 is 10.0 Å². The fourth-order valence-corrected chi connectivity index (χ4v) is 4.40. The molecule has 0 aliphatic rings. The summed E-state index contributed by atoms with van der Waals surface area (Å²) in [5.41, 5.74) is 0. The highest BCUT2D eigenvalue weighted by Gasteiger charge is 2.19. The summed E-state index contributed by atoms with van der Waals surface area (Å²) < 4.78 is 32.7. The minimum Gasteiger partial charge on any atom is -0.380 e. The molecule has 21 heavy (non-hydrogen) atoms. The summed E-state index contributed by atoms with van der Waals surface area (Å²) in [6.45, 7) is 8.65. The molecule has 0 amide bonds. The zero-order chi connectivity index (χ0) is 15.7.